The monoisotopic (exact) mass is 798 g/mol. The summed E-state index contributed by atoms with van der Waals surface area (Å²) in [5.74, 6) is -0.0982. The number of halogens is 2. The van der Waals surface area contributed by atoms with Crippen LogP contribution < -0.4 is 32.4 Å². The molecule has 0 amide bonds. The molecule has 20 heteroatoms. The lowest BCUT2D eigenvalue weighted by atomic mass is 9.87. The van der Waals surface area contributed by atoms with Crippen molar-refractivity contribution < 1.29 is 27.0 Å². The van der Waals surface area contributed by atoms with Crippen LogP contribution in [0.3, 0.4) is 0 Å². The minimum atomic E-state index is -4.09. The normalized spacial score (nSPS) is 13.7. The van der Waals surface area contributed by atoms with Crippen molar-refractivity contribution in [2.45, 2.75) is 76.6 Å². The van der Waals surface area contributed by atoms with Crippen molar-refractivity contribution in [1.82, 2.24) is 19.4 Å². The van der Waals surface area contributed by atoms with Crippen LogP contribution in [0.2, 0.25) is 10.0 Å². The molecule has 0 spiro atoms. The summed E-state index contributed by atoms with van der Waals surface area (Å²) in [4.78, 5) is 15.9. The van der Waals surface area contributed by atoms with Gasteiger partial charge in [0.25, 0.3) is 0 Å². The molecule has 0 aliphatic carbocycles. The van der Waals surface area contributed by atoms with Crippen molar-refractivity contribution in [1.29, 1.82) is 0 Å². The number of benzene rings is 2. The van der Waals surface area contributed by atoms with Crippen molar-refractivity contribution in [2.24, 2.45) is 43.7 Å². The third-order valence-corrected chi connectivity index (χ3v) is 11.4. The van der Waals surface area contributed by atoms with E-state index < -0.39 is 37.8 Å². The van der Waals surface area contributed by atoms with E-state index in [0.717, 1.165) is 0 Å². The SMILES string of the molecule is CC(C)(C)[C@@H](NS(=O)(=O)c1ccc2c(Cl)cnc(N=C(N)N)c2c1)C(O)O.C[C@H](NS(=O)(=O)c1ccc2c(Cl)cnc(N=C(N)N)c2c1)C(C)(C)C. The lowest BCUT2D eigenvalue weighted by Crippen LogP contribution is -2.51. The molecule has 0 bridgehead atoms. The first-order chi connectivity index (χ1) is 23.7. The van der Waals surface area contributed by atoms with Gasteiger partial charge >= 0.3 is 0 Å². The van der Waals surface area contributed by atoms with Crippen LogP contribution in [0.1, 0.15) is 48.5 Å². The van der Waals surface area contributed by atoms with E-state index in [9.17, 15) is 27.0 Å². The second-order valence-corrected chi connectivity index (χ2v) is 18.2. The number of nitrogens with one attached hydrogen (secondary N) is 2. The van der Waals surface area contributed by atoms with Crippen LogP contribution in [0, 0.1) is 10.8 Å². The van der Waals surface area contributed by atoms with Crippen LogP contribution in [-0.2, 0) is 20.0 Å². The Kier molecular flexibility index (Phi) is 13.1. The van der Waals surface area contributed by atoms with E-state index in [1.165, 1.54) is 42.7 Å². The average Bonchev–Trinajstić information content (AvgIpc) is 3.01. The Morgan fingerprint density at radius 2 is 1.08 bits per heavy atom. The zero-order chi connectivity index (χ0) is 39.6. The van der Waals surface area contributed by atoms with E-state index in [0.29, 0.717) is 31.6 Å². The number of aliphatic imine (C=N–C) groups is 2. The average molecular weight is 800 g/mol. The second kappa shape index (κ2) is 16.0. The fraction of sp³-hybridized carbons (Fsp3) is 0.375. The van der Waals surface area contributed by atoms with Crippen molar-refractivity contribution in [3.63, 3.8) is 0 Å². The van der Waals surface area contributed by atoms with Gasteiger partial charge in [0.1, 0.15) is 0 Å². The van der Waals surface area contributed by atoms with Crippen LogP contribution in [0.25, 0.3) is 21.5 Å². The van der Waals surface area contributed by atoms with Gasteiger partial charge in [-0.1, -0.05) is 76.9 Å². The fourth-order valence-electron chi connectivity index (χ4n) is 4.50. The lowest BCUT2D eigenvalue weighted by molar-refractivity contribution is -0.0860. The van der Waals surface area contributed by atoms with Crippen LogP contribution >= 0.6 is 23.2 Å². The van der Waals surface area contributed by atoms with E-state index in [4.69, 9.17) is 46.1 Å². The number of aromatic nitrogens is 2. The van der Waals surface area contributed by atoms with E-state index in [1.807, 2.05) is 27.7 Å². The van der Waals surface area contributed by atoms with Crippen LogP contribution in [0.4, 0.5) is 11.6 Å². The molecule has 2 atom stereocenters. The van der Waals surface area contributed by atoms with Crippen molar-refractivity contribution in [3.8, 4) is 0 Å². The van der Waals surface area contributed by atoms with Crippen LogP contribution in [-0.4, -0.2) is 67.3 Å². The number of nitrogens with two attached hydrogens (primary N) is 4. The maximum atomic E-state index is 12.8. The molecular formula is C32H44Cl2N10O6S2. The van der Waals surface area contributed by atoms with Gasteiger partial charge in [0, 0.05) is 40.0 Å². The topological polar surface area (TPSA) is 287 Å². The van der Waals surface area contributed by atoms with Gasteiger partial charge < -0.3 is 33.1 Å². The van der Waals surface area contributed by atoms with E-state index in [2.05, 4.69) is 29.4 Å². The highest BCUT2D eigenvalue weighted by Gasteiger charge is 2.34. The number of nitrogens with zero attached hydrogens (tertiary/aromatic N) is 4. The maximum absolute atomic E-state index is 12.8. The van der Waals surface area contributed by atoms with Gasteiger partial charge in [0.15, 0.2) is 29.8 Å². The number of sulfonamides is 2. The van der Waals surface area contributed by atoms with E-state index >= 15 is 0 Å². The molecule has 52 heavy (non-hydrogen) atoms. The standard InChI is InChI=1S/C16H22ClN5O4S.C16H22ClN5O2S/c1-16(2,3)12(14(23)24)22-27(25,26)8-4-5-9-10(6-8)13(21-15(18)19)20-7-11(9)17;1-9(16(2,3)4)22-25(23,24)10-5-6-11-12(7-10)14(21-15(18)19)20-8-13(11)17/h4-7,12,14,22-24H,1-3H3,(H4,18,19,20,21);5-9,22H,1-4H3,(H4,18,19,20,21)/t12-;9-/m00/s1. The number of aliphatic hydroxyl groups excluding tert-OH is 1. The first kappa shape index (κ1) is 42.5. The lowest BCUT2D eigenvalue weighted by Gasteiger charge is -2.32. The Labute approximate surface area is 312 Å². The largest absolute Gasteiger partial charge is 0.370 e. The summed E-state index contributed by atoms with van der Waals surface area (Å²) in [6, 6.07) is 7.35. The summed E-state index contributed by atoms with van der Waals surface area (Å²) in [5.41, 5.74) is 20.6. The summed E-state index contributed by atoms with van der Waals surface area (Å²) in [6.45, 7) is 12.7. The molecule has 2 aromatic heterocycles. The summed E-state index contributed by atoms with van der Waals surface area (Å²) in [6.07, 6.45) is 0.892. The highest BCUT2D eigenvalue weighted by atomic mass is 35.5. The van der Waals surface area contributed by atoms with Gasteiger partial charge in [-0.25, -0.2) is 36.2 Å². The molecule has 4 rings (SSSR count). The molecular weight excluding hydrogens is 755 g/mol. The predicted molar refractivity (Wildman–Crippen MR) is 205 cm³/mol. The zero-order valence-corrected chi connectivity index (χ0v) is 32.7. The molecule has 16 nitrogen and oxygen atoms in total. The Hall–Kier alpha value is -3.88. The smallest absolute Gasteiger partial charge is 0.241 e. The Morgan fingerprint density at radius 1 is 0.692 bits per heavy atom. The molecule has 12 N–H and O–H groups in total. The Balaban J connectivity index is 0.000000281. The number of hydrogen-bond acceptors (Lipinski definition) is 10. The first-order valence-corrected chi connectivity index (χ1v) is 19.2. The van der Waals surface area contributed by atoms with Gasteiger partial charge in [0.2, 0.25) is 20.0 Å². The van der Waals surface area contributed by atoms with Crippen molar-refractivity contribution in [3.05, 3.63) is 58.8 Å². The molecule has 2 aromatic carbocycles. The van der Waals surface area contributed by atoms with Gasteiger partial charge in [-0.3, -0.25) is 0 Å². The highest BCUT2D eigenvalue weighted by Crippen LogP contribution is 2.33. The number of rotatable bonds is 9. The van der Waals surface area contributed by atoms with E-state index in [1.54, 1.807) is 26.8 Å². The molecule has 0 fully saturated rings. The van der Waals surface area contributed by atoms with Gasteiger partial charge in [-0.2, -0.15) is 9.98 Å². The summed E-state index contributed by atoms with van der Waals surface area (Å²) in [5, 5.41) is 21.7. The second-order valence-electron chi connectivity index (χ2n) is 13.9. The van der Waals surface area contributed by atoms with Crippen molar-refractivity contribution in [2.75, 3.05) is 0 Å². The van der Waals surface area contributed by atoms with Gasteiger partial charge in [0.05, 0.1) is 25.9 Å². The molecule has 0 unspecified atom stereocenters. The van der Waals surface area contributed by atoms with Crippen LogP contribution in [0.15, 0.2) is 68.6 Å². The molecule has 0 aliphatic heterocycles. The minimum absolute atomic E-state index is 0.0900. The molecule has 4 aromatic rings. The molecule has 0 aliphatic rings. The number of fused-ring (bicyclic) bond motifs is 2. The molecule has 0 saturated heterocycles. The van der Waals surface area contributed by atoms with Crippen molar-refractivity contribution >= 4 is 88.3 Å². The maximum Gasteiger partial charge on any atom is 0.241 e. The number of hydrogen-bond donors (Lipinski definition) is 8. The number of guanidine groups is 2. The molecule has 2 heterocycles. The summed E-state index contributed by atoms with van der Waals surface area (Å²) < 4.78 is 56.0. The Morgan fingerprint density at radius 3 is 1.40 bits per heavy atom. The summed E-state index contributed by atoms with van der Waals surface area (Å²) >= 11 is 12.3. The summed E-state index contributed by atoms with van der Waals surface area (Å²) in [7, 11) is -7.81. The number of aliphatic hydroxyl groups is 2. The minimum Gasteiger partial charge on any atom is -0.370 e. The van der Waals surface area contributed by atoms with Crippen LogP contribution in [0.5, 0.6) is 0 Å². The third-order valence-electron chi connectivity index (χ3n) is 7.81. The molecule has 0 saturated carbocycles. The third kappa shape index (κ3) is 10.6. The fourth-order valence-corrected chi connectivity index (χ4v) is 7.87. The quantitative estimate of drug-likeness (QED) is 0.0688. The predicted octanol–water partition coefficient (Wildman–Crippen LogP) is 3.30. The highest BCUT2D eigenvalue weighted by molar-refractivity contribution is 7.89. The first-order valence-electron chi connectivity index (χ1n) is 15.5. The molecule has 284 valence electrons. The number of pyridine rings is 2. The van der Waals surface area contributed by atoms with Gasteiger partial charge in [-0.05, 0) is 42.0 Å². The zero-order valence-electron chi connectivity index (χ0n) is 29.5. The Bertz CT molecular complexity index is 2230. The van der Waals surface area contributed by atoms with E-state index in [-0.39, 0.29) is 44.8 Å². The van der Waals surface area contributed by atoms with Gasteiger partial charge in [-0.15, -0.1) is 0 Å². The molecule has 0 radical (unpaired) electrons.